The highest BCUT2D eigenvalue weighted by Crippen LogP contribution is 2.37. The van der Waals surface area contributed by atoms with Gasteiger partial charge in [-0.2, -0.15) is 0 Å². The molecule has 2 atom stereocenters. The summed E-state index contributed by atoms with van der Waals surface area (Å²) in [7, 11) is 0. The number of hydrogen-bond acceptors (Lipinski definition) is 3. The highest BCUT2D eigenvalue weighted by molar-refractivity contribution is 6.33. The Bertz CT molecular complexity index is 343. The third-order valence-corrected chi connectivity index (χ3v) is 2.97. The molecule has 14 heavy (non-hydrogen) atoms. The van der Waals surface area contributed by atoms with Crippen molar-refractivity contribution < 1.29 is 0 Å². The number of anilines is 1. The van der Waals surface area contributed by atoms with Crippen LogP contribution < -0.4 is 5.32 Å². The minimum atomic E-state index is 0.366. The second-order valence-corrected chi connectivity index (χ2v) is 4.27. The Morgan fingerprint density at radius 1 is 1.50 bits per heavy atom. The Morgan fingerprint density at radius 2 is 2.29 bits per heavy atom. The van der Waals surface area contributed by atoms with Crippen molar-refractivity contribution in [1.82, 2.24) is 10.2 Å². The Hall–Kier alpha value is -0.540. The van der Waals surface area contributed by atoms with Crippen LogP contribution in [0, 0.1) is 5.92 Å². The summed E-state index contributed by atoms with van der Waals surface area (Å²) in [6.07, 6.45) is 2.40. The van der Waals surface area contributed by atoms with Crippen LogP contribution in [0.5, 0.6) is 0 Å². The molecule has 1 aliphatic rings. The Labute approximate surface area is 92.8 Å². The molecule has 1 heterocycles. The summed E-state index contributed by atoms with van der Waals surface area (Å²) in [4.78, 5) is 0. The zero-order valence-corrected chi connectivity index (χ0v) is 9.31. The molecule has 76 valence electrons. The van der Waals surface area contributed by atoms with Crippen LogP contribution in [0.15, 0.2) is 6.07 Å². The highest BCUT2D eigenvalue weighted by Gasteiger charge is 2.35. The van der Waals surface area contributed by atoms with E-state index < -0.39 is 0 Å². The largest absolute Gasteiger partial charge is 0.379 e. The van der Waals surface area contributed by atoms with Crippen LogP contribution >= 0.6 is 23.2 Å². The van der Waals surface area contributed by atoms with Gasteiger partial charge in [0.05, 0.1) is 5.69 Å². The number of aromatic nitrogens is 2. The molecule has 0 aliphatic heterocycles. The summed E-state index contributed by atoms with van der Waals surface area (Å²) in [6.45, 7) is 2.19. The molecule has 2 unspecified atom stereocenters. The van der Waals surface area contributed by atoms with E-state index in [2.05, 4.69) is 22.4 Å². The summed E-state index contributed by atoms with van der Waals surface area (Å²) < 4.78 is 0. The van der Waals surface area contributed by atoms with Gasteiger partial charge in [0.1, 0.15) is 0 Å². The molecule has 1 aliphatic carbocycles. The summed E-state index contributed by atoms with van der Waals surface area (Å²) in [5.74, 6) is 0.762. The van der Waals surface area contributed by atoms with Gasteiger partial charge in [-0.15, -0.1) is 10.2 Å². The first kappa shape index (κ1) is 9.99. The molecule has 0 saturated heterocycles. The molecule has 3 nitrogen and oxygen atoms in total. The van der Waals surface area contributed by atoms with Crippen molar-refractivity contribution in [2.75, 3.05) is 5.32 Å². The topological polar surface area (TPSA) is 37.8 Å². The van der Waals surface area contributed by atoms with E-state index in [4.69, 9.17) is 23.2 Å². The molecular formula is C9H11Cl2N3. The normalized spacial score (nSPS) is 24.8. The van der Waals surface area contributed by atoms with Crippen LogP contribution in [-0.2, 0) is 0 Å². The smallest absolute Gasteiger partial charge is 0.174 e. The van der Waals surface area contributed by atoms with Gasteiger partial charge in [-0.1, -0.05) is 36.5 Å². The van der Waals surface area contributed by atoms with Gasteiger partial charge in [0.15, 0.2) is 10.3 Å². The van der Waals surface area contributed by atoms with Crippen molar-refractivity contribution in [2.24, 2.45) is 5.92 Å². The van der Waals surface area contributed by atoms with Crippen LogP contribution in [0.25, 0.3) is 0 Å². The molecule has 0 radical (unpaired) electrons. The van der Waals surface area contributed by atoms with Gasteiger partial charge >= 0.3 is 0 Å². The van der Waals surface area contributed by atoms with E-state index in [0.29, 0.717) is 16.3 Å². The van der Waals surface area contributed by atoms with Crippen LogP contribution in [-0.4, -0.2) is 16.2 Å². The average Bonchev–Trinajstić information content (AvgIpc) is 2.90. The van der Waals surface area contributed by atoms with Gasteiger partial charge < -0.3 is 5.32 Å². The molecule has 1 N–H and O–H groups in total. The van der Waals surface area contributed by atoms with Gasteiger partial charge in [0, 0.05) is 12.1 Å². The second-order valence-electron chi connectivity index (χ2n) is 3.53. The van der Waals surface area contributed by atoms with Crippen molar-refractivity contribution in [3.63, 3.8) is 0 Å². The zero-order chi connectivity index (χ0) is 10.1. The lowest BCUT2D eigenvalue weighted by atomic mass is 10.3. The number of nitrogens with zero attached hydrogens (tertiary/aromatic N) is 2. The predicted octanol–water partition coefficient (Wildman–Crippen LogP) is 2.99. The predicted molar refractivity (Wildman–Crippen MR) is 57.9 cm³/mol. The minimum Gasteiger partial charge on any atom is -0.379 e. The quantitative estimate of drug-likeness (QED) is 0.870. The van der Waals surface area contributed by atoms with E-state index in [0.717, 1.165) is 11.6 Å². The van der Waals surface area contributed by atoms with Crippen molar-refractivity contribution in [3.05, 3.63) is 16.4 Å². The van der Waals surface area contributed by atoms with E-state index in [1.165, 1.54) is 12.8 Å². The SMILES string of the molecule is CCC1CC1Nc1cc(Cl)nnc1Cl. The molecule has 2 rings (SSSR count). The highest BCUT2D eigenvalue weighted by atomic mass is 35.5. The van der Waals surface area contributed by atoms with Gasteiger partial charge in [0.25, 0.3) is 0 Å². The van der Waals surface area contributed by atoms with E-state index in [9.17, 15) is 0 Å². The summed E-state index contributed by atoms with van der Waals surface area (Å²) in [6, 6.07) is 2.24. The molecule has 1 aromatic heterocycles. The van der Waals surface area contributed by atoms with Crippen LogP contribution in [0.2, 0.25) is 10.3 Å². The van der Waals surface area contributed by atoms with Gasteiger partial charge in [-0.25, -0.2) is 0 Å². The van der Waals surface area contributed by atoms with Crippen LogP contribution in [0.3, 0.4) is 0 Å². The van der Waals surface area contributed by atoms with Crippen molar-refractivity contribution in [1.29, 1.82) is 0 Å². The lowest BCUT2D eigenvalue weighted by Crippen LogP contribution is -2.05. The number of nitrogens with one attached hydrogen (secondary N) is 1. The Balaban J connectivity index is 2.06. The van der Waals surface area contributed by atoms with Crippen molar-refractivity contribution >= 4 is 28.9 Å². The maximum absolute atomic E-state index is 5.86. The average molecular weight is 232 g/mol. The zero-order valence-electron chi connectivity index (χ0n) is 7.80. The standard InChI is InChI=1S/C9H11Cl2N3/c1-2-5-3-6(5)12-7-4-8(10)13-14-9(7)11/h4-6H,2-3H2,1H3,(H,12,13). The van der Waals surface area contributed by atoms with E-state index >= 15 is 0 Å². The van der Waals surface area contributed by atoms with Crippen molar-refractivity contribution in [2.45, 2.75) is 25.8 Å². The molecule has 1 saturated carbocycles. The Morgan fingerprint density at radius 3 is 2.93 bits per heavy atom. The first-order valence-electron chi connectivity index (χ1n) is 4.66. The molecule has 0 aromatic carbocycles. The third kappa shape index (κ3) is 2.10. The number of halogens is 2. The minimum absolute atomic E-state index is 0.366. The van der Waals surface area contributed by atoms with E-state index in [1.807, 2.05) is 0 Å². The monoisotopic (exact) mass is 231 g/mol. The first-order valence-corrected chi connectivity index (χ1v) is 5.41. The molecule has 5 heteroatoms. The summed E-state index contributed by atoms with van der Waals surface area (Å²) in [5.41, 5.74) is 0.785. The van der Waals surface area contributed by atoms with Gasteiger partial charge in [0.2, 0.25) is 0 Å². The maximum Gasteiger partial charge on any atom is 0.174 e. The third-order valence-electron chi connectivity index (χ3n) is 2.51. The fourth-order valence-electron chi connectivity index (χ4n) is 1.53. The van der Waals surface area contributed by atoms with Gasteiger partial charge in [-0.05, 0) is 12.3 Å². The van der Waals surface area contributed by atoms with Crippen molar-refractivity contribution in [3.8, 4) is 0 Å². The first-order chi connectivity index (χ1) is 6.70. The Kier molecular flexibility index (Phi) is 2.79. The lowest BCUT2D eigenvalue weighted by Gasteiger charge is -2.06. The maximum atomic E-state index is 5.86. The molecule has 0 spiro atoms. The summed E-state index contributed by atoms with van der Waals surface area (Å²) in [5, 5.41) is 11.4. The van der Waals surface area contributed by atoms with E-state index in [-0.39, 0.29) is 0 Å². The lowest BCUT2D eigenvalue weighted by molar-refractivity contribution is 0.774. The molecule has 1 aromatic rings. The molecule has 1 fully saturated rings. The van der Waals surface area contributed by atoms with Crippen LogP contribution in [0.1, 0.15) is 19.8 Å². The molecular weight excluding hydrogens is 221 g/mol. The molecule has 0 amide bonds. The van der Waals surface area contributed by atoms with E-state index in [1.54, 1.807) is 6.07 Å². The second kappa shape index (κ2) is 3.91. The fraction of sp³-hybridized carbons (Fsp3) is 0.556. The number of hydrogen-bond donors (Lipinski definition) is 1. The molecule has 0 bridgehead atoms. The number of rotatable bonds is 3. The summed E-state index contributed by atoms with van der Waals surface area (Å²) >= 11 is 11.6. The van der Waals surface area contributed by atoms with Gasteiger partial charge in [-0.3, -0.25) is 0 Å². The van der Waals surface area contributed by atoms with Crippen LogP contribution in [0.4, 0.5) is 5.69 Å². The fourth-order valence-corrected chi connectivity index (χ4v) is 1.82.